The molecule has 4 nitrogen and oxygen atoms in total. The monoisotopic (exact) mass is 348 g/mol. The van der Waals surface area contributed by atoms with E-state index in [2.05, 4.69) is 34.5 Å². The van der Waals surface area contributed by atoms with Crippen LogP contribution in [0, 0.1) is 0 Å². The minimum atomic E-state index is -0.109. The highest BCUT2D eigenvalue weighted by Gasteiger charge is 2.39. The first-order valence-electron chi connectivity index (χ1n) is 9.41. The molecule has 0 aliphatic heterocycles. The highest BCUT2D eigenvalue weighted by Crippen LogP contribution is 2.41. The fraction of sp³-hybridized carbons (Fsp3) is 0.364. The molecule has 1 fully saturated rings. The summed E-state index contributed by atoms with van der Waals surface area (Å²) >= 11 is 0. The first-order chi connectivity index (χ1) is 12.6. The smallest absolute Gasteiger partial charge is 0.254 e. The summed E-state index contributed by atoms with van der Waals surface area (Å²) in [5.74, 6) is -0.00826. The van der Waals surface area contributed by atoms with Gasteiger partial charge in [0.2, 0.25) is 5.91 Å². The number of rotatable bonds is 4. The molecule has 2 aromatic carbocycles. The van der Waals surface area contributed by atoms with Crippen LogP contribution in [0.4, 0.5) is 5.69 Å². The fourth-order valence-corrected chi connectivity index (χ4v) is 3.98. The Morgan fingerprint density at radius 2 is 1.73 bits per heavy atom. The summed E-state index contributed by atoms with van der Waals surface area (Å²) in [7, 11) is 0. The van der Waals surface area contributed by atoms with Crippen LogP contribution in [0.5, 0.6) is 0 Å². The van der Waals surface area contributed by atoms with Crippen molar-refractivity contribution in [2.75, 3.05) is 5.32 Å². The van der Waals surface area contributed by atoms with Crippen LogP contribution in [0.2, 0.25) is 0 Å². The molecule has 2 amide bonds. The second-order valence-electron chi connectivity index (χ2n) is 7.31. The molecule has 1 N–H and O–H groups in total. The van der Waals surface area contributed by atoms with Crippen molar-refractivity contribution in [1.29, 1.82) is 0 Å². The van der Waals surface area contributed by atoms with Crippen LogP contribution >= 0.6 is 0 Å². The fourth-order valence-electron chi connectivity index (χ4n) is 3.98. The molecule has 0 aromatic heterocycles. The molecule has 0 bridgehead atoms. The van der Waals surface area contributed by atoms with E-state index in [1.165, 1.54) is 18.1 Å². The summed E-state index contributed by atoms with van der Waals surface area (Å²) < 4.78 is 0. The van der Waals surface area contributed by atoms with E-state index in [4.69, 9.17) is 0 Å². The topological polar surface area (TPSA) is 49.4 Å². The molecule has 0 saturated heterocycles. The minimum absolute atomic E-state index is 0.101. The van der Waals surface area contributed by atoms with Gasteiger partial charge in [0, 0.05) is 24.2 Å². The Bertz CT molecular complexity index is 824. The molecule has 2 aromatic rings. The Kier molecular flexibility index (Phi) is 4.49. The van der Waals surface area contributed by atoms with E-state index < -0.39 is 0 Å². The van der Waals surface area contributed by atoms with Crippen LogP contribution in [0.3, 0.4) is 0 Å². The predicted octanol–water partition coefficient (Wildman–Crippen LogP) is 4.33. The normalized spacial score (nSPS) is 18.7. The number of benzene rings is 2. The lowest BCUT2D eigenvalue weighted by Gasteiger charge is -2.36. The lowest BCUT2D eigenvalue weighted by atomic mass is 9.86. The highest BCUT2D eigenvalue weighted by molar-refractivity contribution is 5.96. The van der Waals surface area contributed by atoms with E-state index in [1.54, 1.807) is 12.1 Å². The summed E-state index contributed by atoms with van der Waals surface area (Å²) in [4.78, 5) is 26.6. The van der Waals surface area contributed by atoms with Crippen molar-refractivity contribution in [3.05, 3.63) is 65.2 Å². The largest absolute Gasteiger partial charge is 0.329 e. The molecular weight excluding hydrogens is 324 g/mol. The number of hydrogen-bond acceptors (Lipinski definition) is 2. The molecule has 2 aliphatic carbocycles. The summed E-state index contributed by atoms with van der Waals surface area (Å²) in [5.41, 5.74) is 4.10. The average Bonchev–Trinajstić information content (AvgIpc) is 3.47. The average molecular weight is 348 g/mol. The third kappa shape index (κ3) is 3.36. The van der Waals surface area contributed by atoms with E-state index in [0.29, 0.717) is 11.6 Å². The molecular formula is C22H24N2O2. The molecule has 0 spiro atoms. The van der Waals surface area contributed by atoms with Gasteiger partial charge in [-0.25, -0.2) is 0 Å². The zero-order valence-corrected chi connectivity index (χ0v) is 15.1. The molecule has 134 valence electrons. The maximum Gasteiger partial charge on any atom is 0.254 e. The number of aryl methyl sites for hydroxylation is 1. The second-order valence-corrected chi connectivity index (χ2v) is 7.31. The molecule has 4 heteroatoms. The number of anilines is 1. The third-order valence-corrected chi connectivity index (χ3v) is 5.30. The first kappa shape index (κ1) is 16.8. The molecule has 1 saturated carbocycles. The van der Waals surface area contributed by atoms with Gasteiger partial charge >= 0.3 is 0 Å². The first-order valence-corrected chi connectivity index (χ1v) is 9.41. The van der Waals surface area contributed by atoms with Crippen molar-refractivity contribution in [3.8, 4) is 0 Å². The molecule has 1 unspecified atom stereocenters. The van der Waals surface area contributed by atoms with Gasteiger partial charge in [0.15, 0.2) is 0 Å². The Balaban J connectivity index is 1.61. The maximum atomic E-state index is 13.3. The van der Waals surface area contributed by atoms with Crippen molar-refractivity contribution in [1.82, 2.24) is 4.90 Å². The molecule has 0 radical (unpaired) electrons. The summed E-state index contributed by atoms with van der Waals surface area (Å²) in [6, 6.07) is 16.3. The van der Waals surface area contributed by atoms with Crippen LogP contribution in [-0.2, 0) is 11.2 Å². The molecule has 4 rings (SSSR count). The lowest BCUT2D eigenvalue weighted by Crippen LogP contribution is -2.38. The Hall–Kier alpha value is -2.62. The van der Waals surface area contributed by atoms with E-state index in [1.807, 2.05) is 12.1 Å². The van der Waals surface area contributed by atoms with Gasteiger partial charge in [-0.15, -0.1) is 0 Å². The Labute approximate surface area is 154 Å². The standard InChI is InChI=1S/C22H24N2O2/c1-15(25)23-18-11-9-17(10-12-18)22(26)24(19-13-14-19)21-8-4-6-16-5-2-3-7-20(16)21/h2-3,5,7,9-12,19,21H,4,6,8,13-14H2,1H3,(H,23,25). The predicted molar refractivity (Wildman–Crippen MR) is 102 cm³/mol. The Morgan fingerprint density at radius 1 is 1.00 bits per heavy atom. The van der Waals surface area contributed by atoms with E-state index in [0.717, 1.165) is 37.8 Å². The van der Waals surface area contributed by atoms with E-state index in [-0.39, 0.29) is 17.9 Å². The van der Waals surface area contributed by atoms with Crippen molar-refractivity contribution >= 4 is 17.5 Å². The maximum absolute atomic E-state index is 13.3. The van der Waals surface area contributed by atoms with Crippen molar-refractivity contribution in [2.45, 2.75) is 51.1 Å². The van der Waals surface area contributed by atoms with Crippen LogP contribution < -0.4 is 5.32 Å². The Morgan fingerprint density at radius 3 is 2.42 bits per heavy atom. The van der Waals surface area contributed by atoms with Crippen molar-refractivity contribution in [2.24, 2.45) is 0 Å². The van der Waals surface area contributed by atoms with Crippen molar-refractivity contribution in [3.63, 3.8) is 0 Å². The second kappa shape index (κ2) is 6.94. The highest BCUT2D eigenvalue weighted by atomic mass is 16.2. The number of hydrogen-bond donors (Lipinski definition) is 1. The SMILES string of the molecule is CC(=O)Nc1ccc(C(=O)N(C2CC2)C2CCCc3ccccc32)cc1. The summed E-state index contributed by atoms with van der Waals surface area (Å²) in [6.07, 6.45) is 5.44. The quantitative estimate of drug-likeness (QED) is 0.894. The number of amides is 2. The van der Waals surface area contributed by atoms with Gasteiger partial charge in [-0.05, 0) is 67.5 Å². The number of nitrogens with one attached hydrogen (secondary N) is 1. The molecule has 1 atom stereocenters. The van der Waals surface area contributed by atoms with Gasteiger partial charge in [-0.1, -0.05) is 24.3 Å². The summed E-state index contributed by atoms with van der Waals surface area (Å²) in [6.45, 7) is 1.48. The molecule has 26 heavy (non-hydrogen) atoms. The van der Waals surface area contributed by atoms with Gasteiger partial charge < -0.3 is 10.2 Å². The molecule has 2 aliphatic rings. The van der Waals surface area contributed by atoms with Gasteiger partial charge in [-0.3, -0.25) is 9.59 Å². The zero-order valence-electron chi connectivity index (χ0n) is 15.1. The van der Waals surface area contributed by atoms with Crippen LogP contribution in [-0.4, -0.2) is 22.8 Å². The molecule has 0 heterocycles. The zero-order chi connectivity index (χ0) is 18.1. The van der Waals surface area contributed by atoms with Gasteiger partial charge in [0.05, 0.1) is 6.04 Å². The van der Waals surface area contributed by atoms with E-state index >= 15 is 0 Å². The van der Waals surface area contributed by atoms with Gasteiger partial charge in [0.1, 0.15) is 0 Å². The number of carbonyl (C=O) groups excluding carboxylic acids is 2. The number of fused-ring (bicyclic) bond motifs is 1. The van der Waals surface area contributed by atoms with Crippen LogP contribution in [0.25, 0.3) is 0 Å². The van der Waals surface area contributed by atoms with Gasteiger partial charge in [0.25, 0.3) is 5.91 Å². The van der Waals surface area contributed by atoms with Crippen molar-refractivity contribution < 1.29 is 9.59 Å². The van der Waals surface area contributed by atoms with Gasteiger partial charge in [-0.2, -0.15) is 0 Å². The van der Waals surface area contributed by atoms with Crippen LogP contribution in [0.1, 0.15) is 60.1 Å². The van der Waals surface area contributed by atoms with E-state index in [9.17, 15) is 9.59 Å². The number of nitrogens with zero attached hydrogens (tertiary/aromatic N) is 1. The third-order valence-electron chi connectivity index (χ3n) is 5.30. The lowest BCUT2D eigenvalue weighted by molar-refractivity contribution is -0.114. The minimum Gasteiger partial charge on any atom is -0.329 e. The summed E-state index contributed by atoms with van der Waals surface area (Å²) in [5, 5.41) is 2.75. The van der Waals surface area contributed by atoms with Crippen LogP contribution in [0.15, 0.2) is 48.5 Å². The number of carbonyl (C=O) groups is 2.